The van der Waals surface area contributed by atoms with Gasteiger partial charge in [-0.3, -0.25) is 4.90 Å². The van der Waals surface area contributed by atoms with E-state index in [1.807, 2.05) is 6.92 Å². The van der Waals surface area contributed by atoms with Gasteiger partial charge in [-0.05, 0) is 51.2 Å². The Morgan fingerprint density at radius 3 is 2.59 bits per heavy atom. The topological polar surface area (TPSA) is 107 Å². The fraction of sp³-hybridized carbons (Fsp3) is 0.714. The van der Waals surface area contributed by atoms with Gasteiger partial charge >= 0.3 is 6.09 Å². The van der Waals surface area contributed by atoms with Gasteiger partial charge in [0.15, 0.2) is 5.82 Å². The monoisotopic (exact) mass is 471 g/mol. The van der Waals surface area contributed by atoms with Gasteiger partial charge < -0.3 is 14.2 Å². The lowest BCUT2D eigenvalue weighted by molar-refractivity contribution is -0.0119. The number of sulfonamides is 1. The number of hydrogen-bond donors (Lipinski definition) is 1. The Hall–Kier alpha value is -1.98. The molecule has 0 unspecified atom stereocenters. The lowest BCUT2D eigenvalue weighted by Gasteiger charge is -2.33. The second-order valence-electron chi connectivity index (χ2n) is 8.85. The van der Waals surface area contributed by atoms with E-state index in [1.54, 1.807) is 11.0 Å². The summed E-state index contributed by atoms with van der Waals surface area (Å²) in [5.74, 6) is -0.443. The Bertz CT molecular complexity index is 937. The number of carbonyl (C=O) groups is 1. The predicted molar refractivity (Wildman–Crippen MR) is 113 cm³/mol. The van der Waals surface area contributed by atoms with Crippen molar-refractivity contribution in [2.24, 2.45) is 0 Å². The van der Waals surface area contributed by atoms with Crippen LogP contribution in [0, 0.1) is 5.82 Å². The number of carbonyl (C=O) groups excluding carboxylic acids is 1. The summed E-state index contributed by atoms with van der Waals surface area (Å²) in [6.45, 7) is 1.94. The van der Waals surface area contributed by atoms with Crippen molar-refractivity contribution in [2.75, 3.05) is 26.1 Å². The van der Waals surface area contributed by atoms with Gasteiger partial charge in [0.05, 0.1) is 25.0 Å². The highest BCUT2D eigenvalue weighted by Gasteiger charge is 2.44. The van der Waals surface area contributed by atoms with Crippen molar-refractivity contribution in [3.05, 3.63) is 23.6 Å². The molecule has 1 amide bonds. The van der Waals surface area contributed by atoms with Crippen LogP contribution < -0.4 is 9.46 Å². The standard InChI is InChI=1S/C21H30FN3O6S/c1-13-11-18(24-32(2,27)28)19-12-31-15-5-3-14(4-6-15)17-8-7-16(22)20(23-17)29-9-10-30-21(26)25(13)19/h7-8,13-15,18-19,24H,3-6,9-12H2,1-2H3/t13-,14?,15?,18+,19+/m1/s1. The largest absolute Gasteiger partial charge is 0.472 e. The minimum Gasteiger partial charge on any atom is -0.472 e. The third kappa shape index (κ3) is 5.32. The smallest absolute Gasteiger partial charge is 0.410 e. The van der Waals surface area contributed by atoms with Crippen molar-refractivity contribution in [2.45, 2.75) is 69.2 Å². The Kier molecular flexibility index (Phi) is 6.87. The van der Waals surface area contributed by atoms with Crippen molar-refractivity contribution >= 4 is 16.1 Å². The normalized spacial score (nSPS) is 31.7. The van der Waals surface area contributed by atoms with Gasteiger partial charge in [-0.25, -0.2) is 27.3 Å². The van der Waals surface area contributed by atoms with Gasteiger partial charge in [0.2, 0.25) is 10.0 Å². The average molecular weight is 472 g/mol. The molecular formula is C21H30FN3O6S. The number of fused-ring (bicyclic) bond motifs is 7. The fourth-order valence-electron chi connectivity index (χ4n) is 4.94. The third-order valence-electron chi connectivity index (χ3n) is 6.45. The Balaban J connectivity index is 1.55. The molecule has 1 aliphatic carbocycles. The van der Waals surface area contributed by atoms with Crippen LogP contribution in [0.15, 0.2) is 12.1 Å². The van der Waals surface area contributed by atoms with Crippen LogP contribution in [0.4, 0.5) is 9.18 Å². The van der Waals surface area contributed by atoms with E-state index < -0.39 is 34.0 Å². The van der Waals surface area contributed by atoms with Gasteiger partial charge in [0, 0.05) is 23.7 Å². The molecule has 11 heteroatoms. The van der Waals surface area contributed by atoms with E-state index in [2.05, 4.69) is 9.71 Å². The predicted octanol–water partition coefficient (Wildman–Crippen LogP) is 2.17. The van der Waals surface area contributed by atoms with Crippen molar-refractivity contribution in [3.63, 3.8) is 0 Å². The molecule has 4 bridgehead atoms. The van der Waals surface area contributed by atoms with Gasteiger partial charge in [0.25, 0.3) is 5.88 Å². The zero-order valence-corrected chi connectivity index (χ0v) is 19.1. The fourth-order valence-corrected chi connectivity index (χ4v) is 5.74. The van der Waals surface area contributed by atoms with Crippen LogP contribution in [-0.4, -0.2) is 74.7 Å². The molecule has 32 heavy (non-hydrogen) atoms. The lowest BCUT2D eigenvalue weighted by atomic mass is 9.85. The molecule has 1 aromatic heterocycles. The zero-order chi connectivity index (χ0) is 22.9. The molecule has 4 aliphatic rings. The average Bonchev–Trinajstić information content (AvgIpc) is 3.03. The summed E-state index contributed by atoms with van der Waals surface area (Å²) in [5, 5.41) is 0. The van der Waals surface area contributed by atoms with Crippen LogP contribution in [0.3, 0.4) is 0 Å². The van der Waals surface area contributed by atoms with Crippen LogP contribution in [0.25, 0.3) is 0 Å². The molecule has 178 valence electrons. The first-order valence-electron chi connectivity index (χ1n) is 11.0. The summed E-state index contributed by atoms with van der Waals surface area (Å²) < 4.78 is 57.5. The molecule has 0 aromatic carbocycles. The summed E-state index contributed by atoms with van der Waals surface area (Å²) in [6, 6.07) is 1.88. The van der Waals surface area contributed by atoms with Gasteiger partial charge in [-0.1, -0.05) is 0 Å². The van der Waals surface area contributed by atoms with Gasteiger partial charge in [0.1, 0.15) is 13.2 Å². The number of aromatic nitrogens is 1. The molecule has 9 nitrogen and oxygen atoms in total. The van der Waals surface area contributed by atoms with Gasteiger partial charge in [-0.2, -0.15) is 0 Å². The summed E-state index contributed by atoms with van der Waals surface area (Å²) in [6.07, 6.45) is 4.29. The highest BCUT2D eigenvalue weighted by molar-refractivity contribution is 7.88. The van der Waals surface area contributed by atoms with Crippen molar-refractivity contribution < 1.29 is 31.8 Å². The Morgan fingerprint density at radius 2 is 1.88 bits per heavy atom. The van der Waals surface area contributed by atoms with Crippen LogP contribution in [0.1, 0.15) is 50.6 Å². The number of nitrogens with one attached hydrogen (secondary N) is 1. The SMILES string of the molecule is C[C@@H]1C[C@H](NS(C)(=O)=O)[C@@H]2COC3CCC(CC3)c3ccc(F)c(n3)OCCOC(=O)N12. The number of amides is 1. The summed E-state index contributed by atoms with van der Waals surface area (Å²) in [5.41, 5.74) is 0.789. The first-order chi connectivity index (χ1) is 15.2. The van der Waals surface area contributed by atoms with Crippen LogP contribution in [-0.2, 0) is 19.5 Å². The number of pyridine rings is 1. The Labute approximate surface area is 187 Å². The molecular weight excluding hydrogens is 441 g/mol. The van der Waals surface area contributed by atoms with Crippen LogP contribution in [0.2, 0.25) is 0 Å². The van der Waals surface area contributed by atoms with Crippen molar-refractivity contribution in [1.29, 1.82) is 0 Å². The Morgan fingerprint density at radius 1 is 1.16 bits per heavy atom. The number of halogens is 1. The maximum Gasteiger partial charge on any atom is 0.410 e. The summed E-state index contributed by atoms with van der Waals surface area (Å²) >= 11 is 0. The first kappa shape index (κ1) is 23.2. The van der Waals surface area contributed by atoms with E-state index in [0.717, 1.165) is 37.6 Å². The zero-order valence-electron chi connectivity index (χ0n) is 18.3. The van der Waals surface area contributed by atoms with Crippen molar-refractivity contribution in [1.82, 2.24) is 14.6 Å². The lowest BCUT2D eigenvalue weighted by Crippen LogP contribution is -2.50. The van der Waals surface area contributed by atoms with Crippen LogP contribution >= 0.6 is 0 Å². The maximum atomic E-state index is 14.1. The molecule has 1 aromatic rings. The van der Waals surface area contributed by atoms with Crippen molar-refractivity contribution in [3.8, 4) is 5.88 Å². The molecule has 0 radical (unpaired) electrons. The minimum absolute atomic E-state index is 0.00276. The van der Waals surface area contributed by atoms with E-state index in [-0.39, 0.29) is 43.8 Å². The van der Waals surface area contributed by atoms with E-state index in [0.29, 0.717) is 6.42 Å². The molecule has 1 N–H and O–H groups in total. The maximum absolute atomic E-state index is 14.1. The molecule has 3 aliphatic heterocycles. The second-order valence-corrected chi connectivity index (χ2v) is 10.6. The van der Waals surface area contributed by atoms with E-state index >= 15 is 0 Å². The highest BCUT2D eigenvalue weighted by atomic mass is 32.2. The van der Waals surface area contributed by atoms with E-state index in [4.69, 9.17) is 14.2 Å². The summed E-state index contributed by atoms with van der Waals surface area (Å²) in [7, 11) is -3.46. The van der Waals surface area contributed by atoms with E-state index in [9.17, 15) is 17.6 Å². The molecule has 4 heterocycles. The number of ether oxygens (including phenoxy) is 3. The molecule has 3 atom stereocenters. The number of hydrogen-bond acceptors (Lipinski definition) is 7. The van der Waals surface area contributed by atoms with E-state index in [1.165, 1.54) is 6.07 Å². The molecule has 0 spiro atoms. The van der Waals surface area contributed by atoms with Crippen LogP contribution in [0.5, 0.6) is 5.88 Å². The first-order valence-corrected chi connectivity index (χ1v) is 12.9. The molecule has 1 saturated heterocycles. The van der Waals surface area contributed by atoms with Gasteiger partial charge in [-0.15, -0.1) is 0 Å². The molecule has 2 fully saturated rings. The summed E-state index contributed by atoms with van der Waals surface area (Å²) in [4.78, 5) is 18.7. The molecule has 5 rings (SSSR count). The highest BCUT2D eigenvalue weighted by Crippen LogP contribution is 2.35. The molecule has 1 saturated carbocycles. The third-order valence-corrected chi connectivity index (χ3v) is 7.18. The quantitative estimate of drug-likeness (QED) is 0.704. The second kappa shape index (κ2) is 9.48. The minimum atomic E-state index is -3.46. The number of rotatable bonds is 2. The number of nitrogens with zero attached hydrogens (tertiary/aromatic N) is 2.